The molecule has 0 fully saturated rings. The summed E-state index contributed by atoms with van der Waals surface area (Å²) in [4.78, 5) is 4.33. The van der Waals surface area contributed by atoms with E-state index in [1.807, 2.05) is 17.7 Å². The van der Waals surface area contributed by atoms with Crippen LogP contribution in [0.5, 0.6) is 5.75 Å². The number of fused-ring (bicyclic) bond motifs is 1. The summed E-state index contributed by atoms with van der Waals surface area (Å²) in [6.07, 6.45) is 5.32. The van der Waals surface area contributed by atoms with Crippen molar-refractivity contribution >= 4 is 0 Å². The standard InChI is InChI=1S/C15H18FN3O/c1-10(17)4-13-7-19(9-18-13)8-14-6-11-5-12(16)2-3-15(11)20-14/h2-3,5,7,9-10,14H,4,6,8,17H2,1H3. The van der Waals surface area contributed by atoms with Gasteiger partial charge in [0.05, 0.1) is 18.6 Å². The predicted octanol–water partition coefficient (Wildman–Crippen LogP) is 1.92. The SMILES string of the molecule is CC(N)Cc1cn(CC2Cc3cc(F)ccc3O2)cn1. The third-order valence-electron chi connectivity index (χ3n) is 3.40. The molecular formula is C15H18FN3O. The largest absolute Gasteiger partial charge is 0.488 e. The fourth-order valence-corrected chi connectivity index (χ4v) is 2.57. The van der Waals surface area contributed by atoms with E-state index in [-0.39, 0.29) is 18.0 Å². The number of hydrogen-bond acceptors (Lipinski definition) is 3. The Morgan fingerprint density at radius 2 is 2.40 bits per heavy atom. The van der Waals surface area contributed by atoms with Crippen LogP contribution in [0.2, 0.25) is 0 Å². The third kappa shape index (κ3) is 2.82. The zero-order valence-corrected chi connectivity index (χ0v) is 11.4. The van der Waals surface area contributed by atoms with Gasteiger partial charge in [0.15, 0.2) is 0 Å². The van der Waals surface area contributed by atoms with Gasteiger partial charge in [-0.3, -0.25) is 0 Å². The van der Waals surface area contributed by atoms with E-state index in [1.165, 1.54) is 6.07 Å². The van der Waals surface area contributed by atoms with Crippen LogP contribution >= 0.6 is 0 Å². The average Bonchev–Trinajstić information content (AvgIpc) is 2.95. The second kappa shape index (κ2) is 5.25. The van der Waals surface area contributed by atoms with Crippen molar-refractivity contribution in [1.29, 1.82) is 0 Å². The van der Waals surface area contributed by atoms with Gasteiger partial charge in [0.1, 0.15) is 17.7 Å². The Bertz CT molecular complexity index is 609. The number of aromatic nitrogens is 2. The molecule has 2 unspecified atom stereocenters. The van der Waals surface area contributed by atoms with E-state index in [1.54, 1.807) is 18.5 Å². The van der Waals surface area contributed by atoms with Crippen molar-refractivity contribution in [2.24, 2.45) is 5.73 Å². The van der Waals surface area contributed by atoms with Crippen molar-refractivity contribution in [1.82, 2.24) is 9.55 Å². The summed E-state index contributed by atoms with van der Waals surface area (Å²) in [6.45, 7) is 2.67. The second-order valence-corrected chi connectivity index (χ2v) is 5.44. The van der Waals surface area contributed by atoms with E-state index in [0.717, 1.165) is 29.8 Å². The fourth-order valence-electron chi connectivity index (χ4n) is 2.57. The molecule has 0 saturated carbocycles. The van der Waals surface area contributed by atoms with Gasteiger partial charge in [0.2, 0.25) is 0 Å². The minimum atomic E-state index is -0.213. The van der Waals surface area contributed by atoms with E-state index in [0.29, 0.717) is 6.54 Å². The molecule has 0 saturated heterocycles. The highest BCUT2D eigenvalue weighted by atomic mass is 19.1. The lowest BCUT2D eigenvalue weighted by molar-refractivity contribution is 0.209. The van der Waals surface area contributed by atoms with E-state index < -0.39 is 0 Å². The first-order chi connectivity index (χ1) is 9.60. The zero-order chi connectivity index (χ0) is 14.1. The molecule has 2 atom stereocenters. The number of hydrogen-bond donors (Lipinski definition) is 1. The number of ether oxygens (including phenoxy) is 1. The molecule has 0 bridgehead atoms. The van der Waals surface area contributed by atoms with Crippen LogP contribution < -0.4 is 10.5 Å². The van der Waals surface area contributed by atoms with Gasteiger partial charge in [-0.2, -0.15) is 0 Å². The molecule has 5 heteroatoms. The molecule has 0 aliphatic carbocycles. The lowest BCUT2D eigenvalue weighted by Gasteiger charge is -2.10. The van der Waals surface area contributed by atoms with Crippen LogP contribution in [0.25, 0.3) is 0 Å². The fraction of sp³-hybridized carbons (Fsp3) is 0.400. The van der Waals surface area contributed by atoms with Crippen molar-refractivity contribution in [2.45, 2.75) is 38.5 Å². The van der Waals surface area contributed by atoms with Crippen LogP contribution in [0, 0.1) is 5.82 Å². The lowest BCUT2D eigenvalue weighted by Crippen LogP contribution is -2.20. The van der Waals surface area contributed by atoms with Gasteiger partial charge in [-0.1, -0.05) is 0 Å². The second-order valence-electron chi connectivity index (χ2n) is 5.44. The van der Waals surface area contributed by atoms with Crippen molar-refractivity contribution in [3.63, 3.8) is 0 Å². The van der Waals surface area contributed by atoms with E-state index >= 15 is 0 Å². The van der Waals surface area contributed by atoms with Gasteiger partial charge < -0.3 is 15.0 Å². The molecule has 0 radical (unpaired) electrons. The van der Waals surface area contributed by atoms with Gasteiger partial charge in [-0.05, 0) is 25.1 Å². The molecule has 106 valence electrons. The minimum absolute atomic E-state index is 0.0316. The van der Waals surface area contributed by atoms with Gasteiger partial charge in [0.25, 0.3) is 0 Å². The first kappa shape index (κ1) is 13.1. The van der Waals surface area contributed by atoms with E-state index in [4.69, 9.17) is 10.5 Å². The highest BCUT2D eigenvalue weighted by molar-refractivity contribution is 5.37. The number of halogens is 1. The first-order valence-electron chi connectivity index (χ1n) is 6.81. The number of imidazole rings is 1. The molecule has 1 aliphatic heterocycles. The third-order valence-corrected chi connectivity index (χ3v) is 3.40. The van der Waals surface area contributed by atoms with E-state index in [9.17, 15) is 4.39 Å². The van der Waals surface area contributed by atoms with Gasteiger partial charge in [-0.15, -0.1) is 0 Å². The molecule has 2 heterocycles. The van der Waals surface area contributed by atoms with Crippen LogP contribution in [-0.4, -0.2) is 21.7 Å². The predicted molar refractivity (Wildman–Crippen MR) is 74.1 cm³/mol. The number of nitrogens with two attached hydrogens (primary N) is 1. The Kier molecular flexibility index (Phi) is 3.44. The molecule has 1 aromatic carbocycles. The van der Waals surface area contributed by atoms with Crippen molar-refractivity contribution in [3.8, 4) is 5.75 Å². The number of benzene rings is 1. The Balaban J connectivity index is 1.64. The van der Waals surface area contributed by atoms with Crippen LogP contribution in [0.4, 0.5) is 4.39 Å². The quantitative estimate of drug-likeness (QED) is 0.927. The zero-order valence-electron chi connectivity index (χ0n) is 11.4. The molecule has 2 aromatic rings. The van der Waals surface area contributed by atoms with Crippen molar-refractivity contribution < 1.29 is 9.13 Å². The first-order valence-corrected chi connectivity index (χ1v) is 6.81. The summed E-state index contributed by atoms with van der Waals surface area (Å²) in [5, 5.41) is 0. The Hall–Kier alpha value is -1.88. The molecule has 3 rings (SSSR count). The maximum atomic E-state index is 13.2. The minimum Gasteiger partial charge on any atom is -0.488 e. The molecule has 2 N–H and O–H groups in total. The summed E-state index contributed by atoms with van der Waals surface area (Å²) >= 11 is 0. The molecule has 0 amide bonds. The normalized spacial score (nSPS) is 18.6. The number of rotatable bonds is 4. The summed E-state index contributed by atoms with van der Waals surface area (Å²) < 4.78 is 21.0. The van der Waals surface area contributed by atoms with Gasteiger partial charge in [-0.25, -0.2) is 9.37 Å². The molecule has 20 heavy (non-hydrogen) atoms. The summed E-state index contributed by atoms with van der Waals surface area (Å²) in [5.41, 5.74) is 7.68. The molecule has 1 aliphatic rings. The lowest BCUT2D eigenvalue weighted by atomic mass is 10.1. The summed E-state index contributed by atoms with van der Waals surface area (Å²) in [5.74, 6) is 0.571. The van der Waals surface area contributed by atoms with E-state index in [2.05, 4.69) is 4.98 Å². The van der Waals surface area contributed by atoms with Crippen molar-refractivity contribution in [2.75, 3.05) is 0 Å². The molecule has 4 nitrogen and oxygen atoms in total. The molecule has 0 spiro atoms. The maximum absolute atomic E-state index is 13.2. The monoisotopic (exact) mass is 275 g/mol. The molecule has 1 aromatic heterocycles. The molecular weight excluding hydrogens is 257 g/mol. The topological polar surface area (TPSA) is 53.1 Å². The highest BCUT2D eigenvalue weighted by Crippen LogP contribution is 2.29. The van der Waals surface area contributed by atoms with Crippen LogP contribution in [0.1, 0.15) is 18.2 Å². The summed E-state index contributed by atoms with van der Waals surface area (Å²) in [6, 6.07) is 4.78. The van der Waals surface area contributed by atoms with Crippen LogP contribution in [0.3, 0.4) is 0 Å². The summed E-state index contributed by atoms with van der Waals surface area (Å²) in [7, 11) is 0. The van der Waals surface area contributed by atoms with Gasteiger partial charge in [0, 0.05) is 30.6 Å². The number of nitrogens with zero attached hydrogens (tertiary/aromatic N) is 2. The average molecular weight is 275 g/mol. The van der Waals surface area contributed by atoms with Crippen LogP contribution in [-0.2, 0) is 19.4 Å². The Morgan fingerprint density at radius 3 is 3.20 bits per heavy atom. The smallest absolute Gasteiger partial charge is 0.123 e. The van der Waals surface area contributed by atoms with Gasteiger partial charge >= 0.3 is 0 Å². The Morgan fingerprint density at radius 1 is 1.55 bits per heavy atom. The Labute approximate surface area is 117 Å². The van der Waals surface area contributed by atoms with Crippen LogP contribution in [0.15, 0.2) is 30.7 Å². The highest BCUT2D eigenvalue weighted by Gasteiger charge is 2.23. The van der Waals surface area contributed by atoms with Crippen molar-refractivity contribution in [3.05, 3.63) is 47.8 Å². The maximum Gasteiger partial charge on any atom is 0.123 e.